The zero-order valence-corrected chi connectivity index (χ0v) is 26.2. The van der Waals surface area contributed by atoms with Gasteiger partial charge in [-0.15, -0.1) is 13.2 Å². The number of rotatable bonds is 12. The van der Waals surface area contributed by atoms with Crippen molar-refractivity contribution in [1.82, 2.24) is 14.7 Å². The monoisotopic (exact) mass is 579 g/mol. The van der Waals surface area contributed by atoms with Gasteiger partial charge >= 0.3 is 0 Å². The number of amides is 3. The van der Waals surface area contributed by atoms with Crippen LogP contribution in [0.2, 0.25) is 0 Å². The first-order chi connectivity index (χ1) is 19.8. The van der Waals surface area contributed by atoms with Gasteiger partial charge in [0.15, 0.2) is 0 Å². The van der Waals surface area contributed by atoms with Crippen molar-refractivity contribution in [1.29, 1.82) is 0 Å². The summed E-state index contributed by atoms with van der Waals surface area (Å²) in [5.74, 6) is -2.33. The summed E-state index contributed by atoms with van der Waals surface area (Å²) in [5.41, 5.74) is -1.72. The molecule has 8 heteroatoms. The molecule has 1 aromatic rings. The Hall–Kier alpha value is -2.97. The van der Waals surface area contributed by atoms with Crippen LogP contribution in [0, 0.1) is 17.8 Å². The minimum atomic E-state index is -1.19. The van der Waals surface area contributed by atoms with Gasteiger partial charge in [-0.3, -0.25) is 14.4 Å². The maximum Gasteiger partial charge on any atom is 0.249 e. The molecule has 2 bridgehead atoms. The van der Waals surface area contributed by atoms with Crippen LogP contribution in [-0.4, -0.2) is 92.6 Å². The Kier molecular flexibility index (Phi) is 9.10. The Morgan fingerprint density at radius 2 is 1.81 bits per heavy atom. The van der Waals surface area contributed by atoms with Crippen LogP contribution in [0.25, 0.3) is 0 Å². The predicted octanol–water partition coefficient (Wildman–Crippen LogP) is 3.84. The van der Waals surface area contributed by atoms with E-state index in [1.165, 1.54) is 0 Å². The van der Waals surface area contributed by atoms with Gasteiger partial charge in [-0.25, -0.2) is 0 Å². The van der Waals surface area contributed by atoms with E-state index < -0.39 is 40.7 Å². The number of benzene rings is 1. The van der Waals surface area contributed by atoms with Crippen molar-refractivity contribution in [2.24, 2.45) is 17.8 Å². The van der Waals surface area contributed by atoms with E-state index in [0.29, 0.717) is 32.5 Å². The van der Waals surface area contributed by atoms with Crippen molar-refractivity contribution in [2.75, 3.05) is 26.2 Å². The fourth-order valence-corrected chi connectivity index (χ4v) is 7.75. The summed E-state index contributed by atoms with van der Waals surface area (Å²) in [7, 11) is 0. The molecule has 230 valence electrons. The number of aliphatic hydroxyl groups is 1. The van der Waals surface area contributed by atoms with Gasteiger partial charge in [-0.1, -0.05) is 56.3 Å². The summed E-state index contributed by atoms with van der Waals surface area (Å²) < 4.78 is 6.95. The summed E-state index contributed by atoms with van der Waals surface area (Å²) in [4.78, 5) is 48.9. The van der Waals surface area contributed by atoms with Gasteiger partial charge < -0.3 is 24.5 Å². The minimum absolute atomic E-state index is 0.0675. The van der Waals surface area contributed by atoms with Crippen molar-refractivity contribution in [3.05, 3.63) is 61.2 Å². The van der Waals surface area contributed by atoms with E-state index in [2.05, 4.69) is 20.1 Å². The average Bonchev–Trinajstić information content (AvgIpc) is 3.46. The van der Waals surface area contributed by atoms with Crippen molar-refractivity contribution >= 4 is 17.7 Å². The lowest BCUT2D eigenvalue weighted by atomic mass is 9.62. The van der Waals surface area contributed by atoms with Gasteiger partial charge in [0.1, 0.15) is 11.6 Å². The quantitative estimate of drug-likeness (QED) is 0.380. The highest BCUT2D eigenvalue weighted by molar-refractivity contribution is 5.99. The van der Waals surface area contributed by atoms with Crippen LogP contribution in [0.4, 0.5) is 0 Å². The van der Waals surface area contributed by atoms with Crippen molar-refractivity contribution in [2.45, 2.75) is 89.6 Å². The number of carbonyl (C=O) groups is 3. The number of fused-ring (bicyclic) bond motifs is 1. The van der Waals surface area contributed by atoms with Gasteiger partial charge in [0, 0.05) is 25.2 Å². The van der Waals surface area contributed by atoms with Gasteiger partial charge in [-0.2, -0.15) is 0 Å². The number of likely N-dealkylation sites (tertiary alicyclic amines) is 1. The maximum atomic E-state index is 14.8. The third kappa shape index (κ3) is 5.11. The number of hydrogen-bond donors (Lipinski definition) is 1. The SMILES string of the molecule is C=CCN(CCC)C(=O)[C@H]1[C@H]2C(=O)N([C@@H](CO)Cc3ccccc3)C(C(=O)N(CC=C)C(C)(C)C)C23CC(C)[C@]1(C)O3. The van der Waals surface area contributed by atoms with Crippen LogP contribution in [0.3, 0.4) is 0 Å². The fraction of sp³-hybridized carbons (Fsp3) is 0.618. The second kappa shape index (κ2) is 12.0. The van der Waals surface area contributed by atoms with Crippen LogP contribution in [0.1, 0.15) is 59.9 Å². The maximum absolute atomic E-state index is 14.8. The molecule has 3 fully saturated rings. The molecule has 3 unspecified atom stereocenters. The van der Waals surface area contributed by atoms with Crippen LogP contribution in [-0.2, 0) is 25.5 Å². The van der Waals surface area contributed by atoms with Crippen LogP contribution in [0.5, 0.6) is 0 Å². The summed E-state index contributed by atoms with van der Waals surface area (Å²) in [6, 6.07) is 8.00. The van der Waals surface area contributed by atoms with Crippen LogP contribution >= 0.6 is 0 Å². The standard InChI is InChI=1S/C34H49N3O5/c1-9-17-35(18-10-2)29(39)26-27-30(40)37(25(22-38)20-24-15-13-12-14-16-24)28(31(41)36(19-11-3)32(5,6)7)34(27)21-23(4)33(26,8)42-34/h9,11-16,23,25-28,38H,1,3,10,17-22H2,2,4-8H3/t23?,25-,26-,27+,28?,33+,34?/m1/s1. The lowest BCUT2D eigenvalue weighted by molar-refractivity contribution is -0.159. The van der Waals surface area contributed by atoms with Gasteiger partial charge in [0.25, 0.3) is 0 Å². The molecule has 3 amide bonds. The molecule has 7 atom stereocenters. The molecule has 1 aromatic carbocycles. The summed E-state index contributed by atoms with van der Waals surface area (Å²) in [6.45, 7) is 20.5. The molecule has 0 radical (unpaired) electrons. The third-order valence-electron chi connectivity index (χ3n) is 9.71. The highest BCUT2D eigenvalue weighted by atomic mass is 16.5. The van der Waals surface area contributed by atoms with Crippen LogP contribution < -0.4 is 0 Å². The first-order valence-electron chi connectivity index (χ1n) is 15.3. The molecule has 8 nitrogen and oxygen atoms in total. The second-order valence-electron chi connectivity index (χ2n) is 13.5. The molecule has 42 heavy (non-hydrogen) atoms. The van der Waals surface area contributed by atoms with Crippen LogP contribution in [0.15, 0.2) is 55.6 Å². The highest BCUT2D eigenvalue weighted by Crippen LogP contribution is 2.66. The van der Waals surface area contributed by atoms with Gasteiger partial charge in [0.05, 0.1) is 30.1 Å². The first kappa shape index (κ1) is 32.0. The summed E-state index contributed by atoms with van der Waals surface area (Å²) >= 11 is 0. The molecular weight excluding hydrogens is 530 g/mol. The molecule has 4 rings (SSSR count). The van der Waals surface area contributed by atoms with E-state index in [0.717, 1.165) is 12.0 Å². The van der Waals surface area contributed by atoms with E-state index in [4.69, 9.17) is 4.74 Å². The molecule has 1 N–H and O–H groups in total. The molecule has 1 spiro atoms. The summed E-state index contributed by atoms with van der Waals surface area (Å²) in [5, 5.41) is 10.7. The molecule has 3 aliphatic heterocycles. The molecule has 3 aliphatic rings. The number of ether oxygens (including phenoxy) is 1. The van der Waals surface area contributed by atoms with Gasteiger partial charge in [-0.05, 0) is 58.4 Å². The van der Waals surface area contributed by atoms with Crippen molar-refractivity contribution < 1.29 is 24.2 Å². The Bertz CT molecular complexity index is 1200. The Morgan fingerprint density at radius 3 is 2.36 bits per heavy atom. The molecule has 0 aliphatic carbocycles. The lowest BCUT2D eigenvalue weighted by Crippen LogP contribution is -2.62. The number of nitrogens with zero attached hydrogens (tertiary/aromatic N) is 3. The Balaban J connectivity index is 1.89. The number of aliphatic hydroxyl groups excluding tert-OH is 1. The third-order valence-corrected chi connectivity index (χ3v) is 9.71. The average molecular weight is 580 g/mol. The molecule has 3 heterocycles. The number of carbonyl (C=O) groups excluding carboxylic acids is 3. The van der Waals surface area contributed by atoms with Gasteiger partial charge in [0.2, 0.25) is 17.7 Å². The van der Waals surface area contributed by atoms with E-state index >= 15 is 0 Å². The largest absolute Gasteiger partial charge is 0.394 e. The fourth-order valence-electron chi connectivity index (χ4n) is 7.75. The van der Waals surface area contributed by atoms with E-state index in [1.807, 2.05) is 65.0 Å². The molecular formula is C34H49N3O5. The highest BCUT2D eigenvalue weighted by Gasteiger charge is 2.80. The Labute approximate surface area is 251 Å². The topological polar surface area (TPSA) is 90.4 Å². The smallest absolute Gasteiger partial charge is 0.249 e. The molecule has 0 aromatic heterocycles. The Morgan fingerprint density at radius 1 is 1.17 bits per heavy atom. The second-order valence-corrected chi connectivity index (χ2v) is 13.5. The van der Waals surface area contributed by atoms with E-state index in [1.54, 1.807) is 26.9 Å². The number of hydrogen-bond acceptors (Lipinski definition) is 5. The normalized spacial score (nSPS) is 30.6. The first-order valence-corrected chi connectivity index (χ1v) is 15.3. The molecule has 3 saturated heterocycles. The zero-order valence-electron chi connectivity index (χ0n) is 26.2. The van der Waals surface area contributed by atoms with E-state index in [-0.39, 0.29) is 30.2 Å². The molecule has 0 saturated carbocycles. The minimum Gasteiger partial charge on any atom is -0.394 e. The van der Waals surface area contributed by atoms with Crippen molar-refractivity contribution in [3.8, 4) is 0 Å². The zero-order chi connectivity index (χ0) is 31.0. The van der Waals surface area contributed by atoms with Crippen molar-refractivity contribution in [3.63, 3.8) is 0 Å². The predicted molar refractivity (Wildman–Crippen MR) is 163 cm³/mol. The lowest BCUT2D eigenvalue weighted by Gasteiger charge is -2.43. The van der Waals surface area contributed by atoms with E-state index in [9.17, 15) is 19.5 Å². The summed E-state index contributed by atoms with van der Waals surface area (Å²) in [6.07, 6.45) is 5.00.